The maximum absolute atomic E-state index is 13.4. The zero-order valence-electron chi connectivity index (χ0n) is 21.2. The van der Waals surface area contributed by atoms with Gasteiger partial charge in [0.1, 0.15) is 6.04 Å². The summed E-state index contributed by atoms with van der Waals surface area (Å²) in [5, 5.41) is 3.01. The van der Waals surface area contributed by atoms with Crippen LogP contribution >= 0.6 is 0 Å². The van der Waals surface area contributed by atoms with Gasteiger partial charge in [-0.2, -0.15) is 4.72 Å². The summed E-state index contributed by atoms with van der Waals surface area (Å²) < 4.78 is 31.5. The smallest absolute Gasteiger partial charge is 0.330 e. The minimum atomic E-state index is -4.20. The normalized spacial score (nSPS) is 13.4. The van der Waals surface area contributed by atoms with Crippen LogP contribution in [0.1, 0.15) is 51.1 Å². The number of aryl methyl sites for hydroxylation is 1. The third kappa shape index (κ3) is 5.93. The first-order valence-electron chi connectivity index (χ1n) is 12.2. The van der Waals surface area contributed by atoms with E-state index >= 15 is 0 Å². The van der Waals surface area contributed by atoms with E-state index in [1.54, 1.807) is 30.3 Å². The molecule has 9 nitrogen and oxygen atoms in total. The molecule has 1 heterocycles. The fourth-order valence-corrected chi connectivity index (χ4v) is 5.38. The third-order valence-corrected chi connectivity index (χ3v) is 7.95. The standard InChI is InChI=1S/C26H34N4O5S/c1-5-7-11-18(6-2)17-27-24(31)23(19-12-9-8-10-13-19)28-36(34,35)20-14-15-22-21(16-20)25(32)30(4)26(33)29(22)3/h8-10,12-16,18,23,28H,5-7,11,17H2,1-4H3,(H,27,31). The quantitative estimate of drug-likeness (QED) is 0.408. The molecule has 3 aromatic rings. The first-order valence-corrected chi connectivity index (χ1v) is 13.6. The van der Waals surface area contributed by atoms with Gasteiger partial charge < -0.3 is 5.32 Å². The number of unbranched alkanes of at least 4 members (excludes halogenated alkanes) is 1. The Labute approximate surface area is 211 Å². The molecule has 0 aliphatic rings. The van der Waals surface area contributed by atoms with E-state index in [2.05, 4.69) is 23.9 Å². The van der Waals surface area contributed by atoms with Crippen molar-refractivity contribution in [1.82, 2.24) is 19.2 Å². The van der Waals surface area contributed by atoms with Gasteiger partial charge in [-0.1, -0.05) is 63.4 Å². The van der Waals surface area contributed by atoms with E-state index in [1.165, 1.54) is 36.9 Å². The first-order chi connectivity index (χ1) is 17.1. The van der Waals surface area contributed by atoms with Gasteiger partial charge in [0.05, 0.1) is 15.8 Å². The second kappa shape index (κ2) is 11.7. The number of amides is 1. The van der Waals surface area contributed by atoms with Crippen LogP contribution in [0, 0.1) is 5.92 Å². The van der Waals surface area contributed by atoms with Crippen LogP contribution in [0.4, 0.5) is 0 Å². The summed E-state index contributed by atoms with van der Waals surface area (Å²) in [7, 11) is -1.35. The van der Waals surface area contributed by atoms with Crippen molar-refractivity contribution in [2.75, 3.05) is 6.54 Å². The number of nitrogens with zero attached hydrogens (tertiary/aromatic N) is 2. The Morgan fingerprint density at radius 2 is 1.69 bits per heavy atom. The number of benzene rings is 2. The van der Waals surface area contributed by atoms with Crippen LogP contribution in [0.5, 0.6) is 0 Å². The summed E-state index contributed by atoms with van der Waals surface area (Å²) in [5.74, 6) is -0.135. The van der Waals surface area contributed by atoms with Gasteiger partial charge in [-0.3, -0.25) is 18.7 Å². The number of carbonyl (C=O) groups is 1. The van der Waals surface area contributed by atoms with Crippen molar-refractivity contribution in [2.24, 2.45) is 20.0 Å². The van der Waals surface area contributed by atoms with E-state index in [-0.39, 0.29) is 10.3 Å². The van der Waals surface area contributed by atoms with Gasteiger partial charge in [0, 0.05) is 20.6 Å². The molecular weight excluding hydrogens is 480 g/mol. The molecule has 0 saturated heterocycles. The summed E-state index contributed by atoms with van der Waals surface area (Å²) in [4.78, 5) is 37.9. The lowest BCUT2D eigenvalue weighted by molar-refractivity contribution is -0.123. The largest absolute Gasteiger partial charge is 0.354 e. The van der Waals surface area contributed by atoms with Crippen LogP contribution < -0.4 is 21.3 Å². The average Bonchev–Trinajstić information content (AvgIpc) is 2.89. The number of rotatable bonds is 11. The molecule has 1 amide bonds. The van der Waals surface area contributed by atoms with Crippen molar-refractivity contribution in [3.63, 3.8) is 0 Å². The molecule has 0 aliphatic carbocycles. The summed E-state index contributed by atoms with van der Waals surface area (Å²) in [6.07, 6.45) is 4.04. The fourth-order valence-electron chi connectivity index (χ4n) is 4.17. The maximum atomic E-state index is 13.4. The van der Waals surface area contributed by atoms with Crippen LogP contribution in [-0.4, -0.2) is 30.0 Å². The molecule has 0 aliphatic heterocycles. The predicted octanol–water partition coefficient (Wildman–Crippen LogP) is 2.59. The summed E-state index contributed by atoms with van der Waals surface area (Å²) in [6, 6.07) is 11.5. The first kappa shape index (κ1) is 27.3. The van der Waals surface area contributed by atoms with Gasteiger partial charge >= 0.3 is 5.69 Å². The van der Waals surface area contributed by atoms with E-state index < -0.39 is 33.2 Å². The molecule has 2 atom stereocenters. The molecule has 0 spiro atoms. The lowest BCUT2D eigenvalue weighted by atomic mass is 9.99. The molecular formula is C26H34N4O5S. The number of aromatic nitrogens is 2. The number of carbonyl (C=O) groups excluding carboxylic acids is 1. The number of fused-ring (bicyclic) bond motifs is 1. The van der Waals surface area contributed by atoms with Crippen molar-refractivity contribution >= 4 is 26.8 Å². The Hall–Kier alpha value is -3.24. The van der Waals surface area contributed by atoms with Gasteiger partial charge in [0.2, 0.25) is 15.9 Å². The van der Waals surface area contributed by atoms with Gasteiger partial charge in [0.15, 0.2) is 0 Å². The molecule has 0 saturated carbocycles. The number of sulfonamides is 1. The van der Waals surface area contributed by atoms with Crippen molar-refractivity contribution in [3.8, 4) is 0 Å². The monoisotopic (exact) mass is 514 g/mol. The topological polar surface area (TPSA) is 119 Å². The van der Waals surface area contributed by atoms with Gasteiger partial charge in [0.25, 0.3) is 5.56 Å². The van der Waals surface area contributed by atoms with Crippen LogP contribution in [0.3, 0.4) is 0 Å². The van der Waals surface area contributed by atoms with Crippen molar-refractivity contribution in [2.45, 2.75) is 50.5 Å². The Morgan fingerprint density at radius 1 is 1.00 bits per heavy atom. The number of nitrogens with one attached hydrogen (secondary N) is 2. The van der Waals surface area contributed by atoms with Gasteiger partial charge in [-0.15, -0.1) is 0 Å². The van der Waals surface area contributed by atoms with Crippen LogP contribution in [0.2, 0.25) is 0 Å². The van der Waals surface area contributed by atoms with E-state index in [4.69, 9.17) is 0 Å². The van der Waals surface area contributed by atoms with E-state index in [0.29, 0.717) is 23.5 Å². The van der Waals surface area contributed by atoms with Crippen LogP contribution in [0.25, 0.3) is 10.9 Å². The zero-order chi connectivity index (χ0) is 26.5. The Balaban J connectivity index is 1.94. The molecule has 1 aromatic heterocycles. The van der Waals surface area contributed by atoms with Crippen LogP contribution in [-0.2, 0) is 28.9 Å². The van der Waals surface area contributed by atoms with Gasteiger partial charge in [-0.05, 0) is 36.1 Å². The average molecular weight is 515 g/mol. The second-order valence-electron chi connectivity index (χ2n) is 9.01. The highest BCUT2D eigenvalue weighted by molar-refractivity contribution is 7.89. The lowest BCUT2D eigenvalue weighted by Gasteiger charge is -2.21. The Bertz CT molecular complexity index is 1440. The maximum Gasteiger partial charge on any atom is 0.330 e. The zero-order valence-corrected chi connectivity index (χ0v) is 22.0. The highest BCUT2D eigenvalue weighted by Gasteiger charge is 2.28. The minimum absolute atomic E-state index is 0.0879. The molecule has 2 N–H and O–H groups in total. The number of hydrogen-bond donors (Lipinski definition) is 2. The van der Waals surface area contributed by atoms with Crippen LogP contribution in [0.15, 0.2) is 63.0 Å². The molecule has 0 radical (unpaired) electrons. The van der Waals surface area contributed by atoms with Crippen molar-refractivity contribution < 1.29 is 13.2 Å². The molecule has 2 unspecified atom stereocenters. The third-order valence-electron chi connectivity index (χ3n) is 6.52. The van der Waals surface area contributed by atoms with Gasteiger partial charge in [-0.25, -0.2) is 13.2 Å². The van der Waals surface area contributed by atoms with Crippen molar-refractivity contribution in [3.05, 3.63) is 74.9 Å². The SMILES string of the molecule is CCCCC(CC)CNC(=O)C(NS(=O)(=O)c1ccc2c(c1)c(=O)n(C)c(=O)n2C)c1ccccc1. The molecule has 2 aromatic carbocycles. The highest BCUT2D eigenvalue weighted by atomic mass is 32.2. The molecule has 3 rings (SSSR count). The summed E-state index contributed by atoms with van der Waals surface area (Å²) in [5.41, 5.74) is -0.289. The van der Waals surface area contributed by atoms with E-state index in [0.717, 1.165) is 30.3 Å². The molecule has 194 valence electrons. The van der Waals surface area contributed by atoms with E-state index in [9.17, 15) is 22.8 Å². The molecule has 0 bridgehead atoms. The van der Waals surface area contributed by atoms with E-state index in [1.807, 2.05) is 0 Å². The Morgan fingerprint density at radius 3 is 2.33 bits per heavy atom. The highest BCUT2D eigenvalue weighted by Crippen LogP contribution is 2.21. The fraction of sp³-hybridized carbons (Fsp3) is 0.423. The summed E-state index contributed by atoms with van der Waals surface area (Å²) in [6.45, 7) is 4.65. The second-order valence-corrected chi connectivity index (χ2v) is 10.7. The van der Waals surface area contributed by atoms with Crippen molar-refractivity contribution in [1.29, 1.82) is 0 Å². The predicted molar refractivity (Wildman–Crippen MR) is 140 cm³/mol. The minimum Gasteiger partial charge on any atom is -0.354 e. The number of hydrogen-bond acceptors (Lipinski definition) is 5. The lowest BCUT2D eigenvalue weighted by Crippen LogP contribution is -2.42. The Kier molecular flexibility index (Phi) is 8.86. The molecule has 10 heteroatoms. The molecule has 0 fully saturated rings. The molecule has 36 heavy (non-hydrogen) atoms. The summed E-state index contributed by atoms with van der Waals surface area (Å²) >= 11 is 0.